The monoisotopic (exact) mass is 290 g/mol. The molecule has 4 N–H and O–H groups in total. The fourth-order valence-electron chi connectivity index (χ4n) is 2.83. The maximum Gasteiger partial charge on any atom is 0.407 e. The molecule has 2 amide bonds. The van der Waals surface area contributed by atoms with Crippen LogP contribution in [0.25, 0.3) is 0 Å². The summed E-state index contributed by atoms with van der Waals surface area (Å²) in [5.74, 6) is -3.74. The van der Waals surface area contributed by atoms with E-state index in [1.807, 2.05) is 0 Å². The topological polar surface area (TPSA) is 140 Å². The van der Waals surface area contributed by atoms with Crippen molar-refractivity contribution in [2.45, 2.75) is 23.8 Å². The van der Waals surface area contributed by atoms with Crippen LogP contribution in [0, 0.1) is 0 Å². The molecule has 10 heteroatoms. The molecule has 3 aliphatic rings. The average molecular weight is 290 g/mol. The van der Waals surface area contributed by atoms with Crippen molar-refractivity contribution in [3.63, 3.8) is 0 Å². The van der Waals surface area contributed by atoms with Crippen LogP contribution >= 0.6 is 0 Å². The second-order valence-electron chi connectivity index (χ2n) is 5.23. The van der Waals surface area contributed by atoms with Crippen molar-refractivity contribution < 1.29 is 39.5 Å². The van der Waals surface area contributed by atoms with Crippen molar-refractivity contribution in [3.05, 3.63) is 0 Å². The zero-order valence-electron chi connectivity index (χ0n) is 10.3. The molecule has 0 aromatic carbocycles. The molecule has 112 valence electrons. The van der Waals surface area contributed by atoms with Crippen LogP contribution in [0.1, 0.15) is 0 Å². The minimum atomic E-state index is -1.87. The fourth-order valence-corrected chi connectivity index (χ4v) is 2.83. The maximum atomic E-state index is 10.9. The second kappa shape index (κ2) is 3.95. The maximum absolute atomic E-state index is 10.9. The lowest BCUT2D eigenvalue weighted by Gasteiger charge is -2.43. The summed E-state index contributed by atoms with van der Waals surface area (Å²) in [6.07, 6.45) is -4.59. The van der Waals surface area contributed by atoms with E-state index in [0.717, 1.165) is 9.80 Å². The van der Waals surface area contributed by atoms with E-state index in [1.54, 1.807) is 0 Å². The van der Waals surface area contributed by atoms with E-state index in [-0.39, 0.29) is 26.2 Å². The molecular formula is C10H14N2O8. The third-order valence-electron chi connectivity index (χ3n) is 3.85. The molecule has 3 fully saturated rings. The zero-order valence-corrected chi connectivity index (χ0v) is 10.3. The van der Waals surface area contributed by atoms with E-state index in [2.05, 4.69) is 0 Å². The summed E-state index contributed by atoms with van der Waals surface area (Å²) in [5, 5.41) is 38.4. The van der Waals surface area contributed by atoms with Crippen molar-refractivity contribution in [1.82, 2.24) is 9.80 Å². The summed E-state index contributed by atoms with van der Waals surface area (Å²) in [6, 6.07) is 0. The highest BCUT2D eigenvalue weighted by Gasteiger charge is 2.63. The first-order chi connectivity index (χ1) is 9.23. The van der Waals surface area contributed by atoms with Crippen LogP contribution in [0.4, 0.5) is 9.59 Å². The van der Waals surface area contributed by atoms with E-state index < -0.39 is 36.0 Å². The van der Waals surface area contributed by atoms with E-state index in [0.29, 0.717) is 0 Å². The Kier molecular flexibility index (Phi) is 2.64. The first-order valence-corrected chi connectivity index (χ1v) is 6.00. The Morgan fingerprint density at radius 2 is 1.25 bits per heavy atom. The molecule has 10 nitrogen and oxygen atoms in total. The predicted octanol–water partition coefficient (Wildman–Crippen LogP) is -1.87. The number of carbonyl (C=O) groups is 2. The molecule has 0 radical (unpaired) electrons. The summed E-state index contributed by atoms with van der Waals surface area (Å²) in [6.45, 7) is -0.943. The normalized spacial score (nSPS) is 43.3. The van der Waals surface area contributed by atoms with Gasteiger partial charge in [0.1, 0.15) is 12.2 Å². The molecule has 3 saturated heterocycles. The largest absolute Gasteiger partial charge is 0.465 e. The lowest BCUT2D eigenvalue weighted by Crippen LogP contribution is -2.63. The molecule has 20 heavy (non-hydrogen) atoms. The van der Waals surface area contributed by atoms with Gasteiger partial charge in [0.05, 0.1) is 26.2 Å². The first kappa shape index (κ1) is 13.4. The highest BCUT2D eigenvalue weighted by Crippen LogP contribution is 2.41. The summed E-state index contributed by atoms with van der Waals surface area (Å²) in [5.41, 5.74) is 0. The Labute approximate surface area is 112 Å². The standard InChI is InChI=1S/C10H14N2O8/c13-7(14)11-1-5-9(17,3-11)20-6-2-12(8(15)16)4-10(6,18)19-5/h5-6,17-18H,1-4H2,(H,13,14)(H,15,16). The quantitative estimate of drug-likeness (QED) is 0.407. The van der Waals surface area contributed by atoms with E-state index >= 15 is 0 Å². The molecule has 3 heterocycles. The molecular weight excluding hydrogens is 276 g/mol. The SMILES string of the molecule is O=C(O)N1CC2OC3(O)CN(C(=O)O)CC3OC2(O)C1. The van der Waals surface area contributed by atoms with Gasteiger partial charge in [0.15, 0.2) is 0 Å². The fraction of sp³-hybridized carbons (Fsp3) is 0.800. The van der Waals surface area contributed by atoms with Gasteiger partial charge in [0.25, 0.3) is 0 Å². The third-order valence-corrected chi connectivity index (χ3v) is 3.85. The number of amides is 2. The van der Waals surface area contributed by atoms with Crippen LogP contribution in [0.15, 0.2) is 0 Å². The van der Waals surface area contributed by atoms with Gasteiger partial charge in [-0.15, -0.1) is 0 Å². The Morgan fingerprint density at radius 1 is 0.900 bits per heavy atom. The number of fused-ring (bicyclic) bond motifs is 2. The lowest BCUT2D eigenvalue weighted by molar-refractivity contribution is -0.396. The van der Waals surface area contributed by atoms with Crippen LogP contribution in [-0.4, -0.2) is 92.4 Å². The van der Waals surface area contributed by atoms with E-state index in [4.69, 9.17) is 19.7 Å². The number of hydrogen-bond donors (Lipinski definition) is 4. The molecule has 3 rings (SSSR count). The molecule has 4 unspecified atom stereocenters. The number of aliphatic hydroxyl groups is 2. The van der Waals surface area contributed by atoms with Gasteiger partial charge in [0.2, 0.25) is 11.6 Å². The number of β-amino-alcohol motifs (C(OH)–C–C–N with tert-alkyl or cyclic N) is 2. The molecule has 0 spiro atoms. The van der Waals surface area contributed by atoms with E-state index in [9.17, 15) is 19.8 Å². The highest BCUT2D eigenvalue weighted by atomic mass is 16.7. The van der Waals surface area contributed by atoms with E-state index in [1.165, 1.54) is 0 Å². The van der Waals surface area contributed by atoms with Crippen LogP contribution in [0.2, 0.25) is 0 Å². The number of likely N-dealkylation sites (tertiary alicyclic amines) is 2. The molecule has 0 saturated carbocycles. The summed E-state index contributed by atoms with van der Waals surface area (Å²) in [4.78, 5) is 23.7. The van der Waals surface area contributed by atoms with Crippen molar-refractivity contribution in [2.75, 3.05) is 26.2 Å². The Hall–Kier alpha value is -1.62. The van der Waals surface area contributed by atoms with Crippen molar-refractivity contribution in [2.24, 2.45) is 0 Å². The predicted molar refractivity (Wildman–Crippen MR) is 58.8 cm³/mol. The zero-order chi connectivity index (χ0) is 14.7. The van der Waals surface area contributed by atoms with Gasteiger partial charge < -0.3 is 39.7 Å². The van der Waals surface area contributed by atoms with Gasteiger partial charge in [-0.2, -0.15) is 0 Å². The molecule has 4 atom stereocenters. The molecule has 0 aromatic rings. The minimum absolute atomic E-state index is 0.159. The van der Waals surface area contributed by atoms with Gasteiger partial charge in [-0.05, 0) is 0 Å². The first-order valence-electron chi connectivity index (χ1n) is 6.00. The number of hydrogen-bond acceptors (Lipinski definition) is 6. The van der Waals surface area contributed by atoms with Gasteiger partial charge in [-0.1, -0.05) is 0 Å². The van der Waals surface area contributed by atoms with Crippen LogP contribution in [0.5, 0.6) is 0 Å². The van der Waals surface area contributed by atoms with Crippen molar-refractivity contribution in [1.29, 1.82) is 0 Å². The van der Waals surface area contributed by atoms with Gasteiger partial charge in [-0.3, -0.25) is 0 Å². The minimum Gasteiger partial charge on any atom is -0.465 e. The Bertz CT molecular complexity index is 430. The van der Waals surface area contributed by atoms with Crippen LogP contribution in [0.3, 0.4) is 0 Å². The van der Waals surface area contributed by atoms with Crippen molar-refractivity contribution in [3.8, 4) is 0 Å². The Morgan fingerprint density at radius 3 is 1.55 bits per heavy atom. The van der Waals surface area contributed by atoms with Gasteiger partial charge in [-0.25, -0.2) is 9.59 Å². The third kappa shape index (κ3) is 1.80. The molecule has 0 aromatic heterocycles. The number of nitrogens with zero attached hydrogens (tertiary/aromatic N) is 2. The molecule has 3 aliphatic heterocycles. The van der Waals surface area contributed by atoms with Gasteiger partial charge in [0, 0.05) is 0 Å². The Balaban J connectivity index is 1.81. The summed E-state index contributed by atoms with van der Waals surface area (Å²) >= 11 is 0. The number of carboxylic acid groups (broad SMARTS) is 2. The molecule has 0 aliphatic carbocycles. The number of rotatable bonds is 0. The second-order valence-corrected chi connectivity index (χ2v) is 5.23. The van der Waals surface area contributed by atoms with Crippen LogP contribution < -0.4 is 0 Å². The smallest absolute Gasteiger partial charge is 0.407 e. The summed E-state index contributed by atoms with van der Waals surface area (Å²) in [7, 11) is 0. The van der Waals surface area contributed by atoms with Crippen LogP contribution in [-0.2, 0) is 9.47 Å². The lowest BCUT2D eigenvalue weighted by atomic mass is 10.1. The van der Waals surface area contributed by atoms with Crippen molar-refractivity contribution >= 4 is 12.2 Å². The number of ether oxygens (including phenoxy) is 2. The summed E-state index contributed by atoms with van der Waals surface area (Å²) < 4.78 is 10.7. The van der Waals surface area contributed by atoms with Gasteiger partial charge >= 0.3 is 12.2 Å². The highest BCUT2D eigenvalue weighted by molar-refractivity contribution is 5.66. The molecule has 0 bridgehead atoms. The average Bonchev–Trinajstić information content (AvgIpc) is 2.81.